The molecule has 4 nitrogen and oxygen atoms in total. The lowest BCUT2D eigenvalue weighted by Crippen LogP contribution is -2.23. The lowest BCUT2D eigenvalue weighted by molar-refractivity contribution is -0.275. The largest absolute Gasteiger partial charge is 0.573 e. The van der Waals surface area contributed by atoms with Gasteiger partial charge in [-0.1, -0.05) is 15.9 Å². The third kappa shape index (κ3) is 4.53. The number of primary amides is 1. The fraction of sp³-hybridized carbons (Fsp3) is 0.300. The highest BCUT2D eigenvalue weighted by molar-refractivity contribution is 9.10. The molecular formula is C10H10BrF3N2O2. The van der Waals surface area contributed by atoms with Gasteiger partial charge in [-0.05, 0) is 18.2 Å². The topological polar surface area (TPSA) is 78.3 Å². The average Bonchev–Trinajstić information content (AvgIpc) is 2.17. The van der Waals surface area contributed by atoms with E-state index in [0.717, 1.165) is 6.07 Å². The lowest BCUT2D eigenvalue weighted by atomic mass is 10.0. The van der Waals surface area contributed by atoms with Gasteiger partial charge in [-0.15, -0.1) is 13.2 Å². The van der Waals surface area contributed by atoms with Crippen LogP contribution < -0.4 is 16.2 Å². The summed E-state index contributed by atoms with van der Waals surface area (Å²) in [6, 6.07) is 2.89. The molecule has 0 aliphatic heterocycles. The van der Waals surface area contributed by atoms with Gasteiger partial charge in [0.1, 0.15) is 5.75 Å². The highest BCUT2D eigenvalue weighted by Gasteiger charge is 2.32. The number of amides is 1. The monoisotopic (exact) mass is 326 g/mol. The summed E-state index contributed by atoms with van der Waals surface area (Å²) in [5, 5.41) is 0. The van der Waals surface area contributed by atoms with Crippen molar-refractivity contribution in [1.29, 1.82) is 0 Å². The Labute approximate surface area is 109 Å². The number of ether oxygens (including phenoxy) is 1. The molecule has 100 valence electrons. The second-order valence-corrected chi connectivity index (χ2v) is 4.42. The van der Waals surface area contributed by atoms with Crippen LogP contribution in [0.1, 0.15) is 18.0 Å². The van der Waals surface area contributed by atoms with Gasteiger partial charge in [-0.2, -0.15) is 0 Å². The molecule has 1 rings (SSSR count). The lowest BCUT2D eigenvalue weighted by Gasteiger charge is -2.17. The summed E-state index contributed by atoms with van der Waals surface area (Å²) < 4.78 is 40.9. The Balaban J connectivity index is 3.07. The summed E-state index contributed by atoms with van der Waals surface area (Å²) in [6.45, 7) is 0. The molecule has 0 fully saturated rings. The molecule has 1 atom stereocenters. The molecule has 0 aromatic heterocycles. The maximum atomic E-state index is 12.2. The number of hydrogen-bond acceptors (Lipinski definition) is 3. The van der Waals surface area contributed by atoms with Crippen molar-refractivity contribution in [3.05, 3.63) is 28.2 Å². The van der Waals surface area contributed by atoms with Crippen molar-refractivity contribution in [3.63, 3.8) is 0 Å². The zero-order chi connectivity index (χ0) is 13.9. The third-order valence-corrected chi connectivity index (χ3v) is 2.51. The van der Waals surface area contributed by atoms with Gasteiger partial charge < -0.3 is 16.2 Å². The first-order valence-electron chi connectivity index (χ1n) is 4.78. The van der Waals surface area contributed by atoms with Crippen LogP contribution in [-0.4, -0.2) is 12.3 Å². The Morgan fingerprint density at radius 2 is 2.06 bits per heavy atom. The Bertz CT molecular complexity index is 451. The van der Waals surface area contributed by atoms with Crippen molar-refractivity contribution < 1.29 is 22.7 Å². The van der Waals surface area contributed by atoms with Crippen LogP contribution in [0.15, 0.2) is 22.7 Å². The van der Waals surface area contributed by atoms with Crippen LogP contribution >= 0.6 is 15.9 Å². The molecule has 0 saturated carbocycles. The SMILES string of the molecule is NC(=O)CC(N)c1cc(Br)ccc1OC(F)(F)F. The number of alkyl halides is 3. The Morgan fingerprint density at radius 1 is 1.44 bits per heavy atom. The summed E-state index contributed by atoms with van der Waals surface area (Å²) in [6.07, 6.45) is -5.10. The van der Waals surface area contributed by atoms with E-state index in [1.54, 1.807) is 0 Å². The Hall–Kier alpha value is -1.28. The molecule has 0 heterocycles. The second-order valence-electron chi connectivity index (χ2n) is 3.51. The number of carbonyl (C=O) groups is 1. The van der Waals surface area contributed by atoms with E-state index >= 15 is 0 Å². The summed E-state index contributed by atoms with van der Waals surface area (Å²) >= 11 is 3.10. The molecule has 0 saturated heterocycles. The van der Waals surface area contributed by atoms with Crippen molar-refractivity contribution >= 4 is 21.8 Å². The van der Waals surface area contributed by atoms with Crippen molar-refractivity contribution in [2.75, 3.05) is 0 Å². The van der Waals surface area contributed by atoms with Crippen LogP contribution in [0.5, 0.6) is 5.75 Å². The molecule has 1 aromatic rings. The van der Waals surface area contributed by atoms with Crippen molar-refractivity contribution in [3.8, 4) is 5.75 Å². The fourth-order valence-corrected chi connectivity index (χ4v) is 1.73. The minimum Gasteiger partial charge on any atom is -0.405 e. The van der Waals surface area contributed by atoms with Gasteiger partial charge in [0.25, 0.3) is 0 Å². The van der Waals surface area contributed by atoms with E-state index in [4.69, 9.17) is 11.5 Å². The van der Waals surface area contributed by atoms with E-state index in [1.165, 1.54) is 12.1 Å². The van der Waals surface area contributed by atoms with Crippen LogP contribution in [-0.2, 0) is 4.79 Å². The first-order chi connectivity index (χ1) is 8.19. The molecule has 0 radical (unpaired) electrons. The minimum absolute atomic E-state index is 0.0560. The third-order valence-electron chi connectivity index (χ3n) is 2.02. The van der Waals surface area contributed by atoms with E-state index in [0.29, 0.717) is 4.47 Å². The molecule has 1 unspecified atom stereocenters. The second kappa shape index (κ2) is 5.57. The first kappa shape index (κ1) is 14.8. The van der Waals surface area contributed by atoms with Crippen molar-refractivity contribution in [2.24, 2.45) is 11.5 Å². The summed E-state index contributed by atoms with van der Waals surface area (Å²) in [7, 11) is 0. The fourth-order valence-electron chi connectivity index (χ4n) is 1.35. The summed E-state index contributed by atoms with van der Waals surface area (Å²) in [5.74, 6) is -1.15. The van der Waals surface area contributed by atoms with Crippen LogP contribution in [0, 0.1) is 0 Å². The highest BCUT2D eigenvalue weighted by atomic mass is 79.9. The van der Waals surface area contributed by atoms with E-state index in [2.05, 4.69) is 20.7 Å². The van der Waals surface area contributed by atoms with Gasteiger partial charge in [0.15, 0.2) is 0 Å². The highest BCUT2D eigenvalue weighted by Crippen LogP contribution is 2.32. The van der Waals surface area contributed by atoms with Gasteiger partial charge in [0.05, 0.1) is 0 Å². The molecule has 1 aromatic carbocycles. The van der Waals surface area contributed by atoms with E-state index in [-0.39, 0.29) is 12.0 Å². The van der Waals surface area contributed by atoms with Gasteiger partial charge in [-0.25, -0.2) is 0 Å². The number of carbonyl (C=O) groups excluding carboxylic acids is 1. The first-order valence-corrected chi connectivity index (χ1v) is 5.57. The summed E-state index contributed by atoms with van der Waals surface area (Å²) in [4.78, 5) is 10.7. The maximum Gasteiger partial charge on any atom is 0.573 e. The van der Waals surface area contributed by atoms with Crippen LogP contribution in [0.3, 0.4) is 0 Å². The van der Waals surface area contributed by atoms with E-state index in [9.17, 15) is 18.0 Å². The van der Waals surface area contributed by atoms with E-state index < -0.39 is 24.1 Å². The van der Waals surface area contributed by atoms with Crippen LogP contribution in [0.25, 0.3) is 0 Å². The van der Waals surface area contributed by atoms with Gasteiger partial charge in [0.2, 0.25) is 5.91 Å². The van der Waals surface area contributed by atoms with Crippen LogP contribution in [0.4, 0.5) is 13.2 Å². The Morgan fingerprint density at radius 3 is 2.56 bits per heavy atom. The summed E-state index contributed by atoms with van der Waals surface area (Å²) in [5.41, 5.74) is 10.6. The molecule has 4 N–H and O–H groups in total. The number of hydrogen-bond donors (Lipinski definition) is 2. The van der Waals surface area contributed by atoms with E-state index in [1.807, 2.05) is 0 Å². The predicted octanol–water partition coefficient (Wildman–Crippen LogP) is 2.22. The Kier molecular flexibility index (Phi) is 4.58. The smallest absolute Gasteiger partial charge is 0.405 e. The number of halogens is 4. The van der Waals surface area contributed by atoms with Gasteiger partial charge in [0, 0.05) is 22.5 Å². The number of benzene rings is 1. The van der Waals surface area contributed by atoms with Gasteiger partial charge >= 0.3 is 6.36 Å². The number of nitrogens with two attached hydrogens (primary N) is 2. The minimum atomic E-state index is -4.82. The van der Waals surface area contributed by atoms with Crippen LogP contribution in [0.2, 0.25) is 0 Å². The molecule has 1 amide bonds. The molecule has 0 aliphatic carbocycles. The molecule has 0 bridgehead atoms. The predicted molar refractivity (Wildman–Crippen MR) is 61.6 cm³/mol. The quantitative estimate of drug-likeness (QED) is 0.890. The number of rotatable bonds is 4. The normalized spacial score (nSPS) is 13.2. The van der Waals surface area contributed by atoms with Crippen molar-refractivity contribution in [1.82, 2.24) is 0 Å². The van der Waals surface area contributed by atoms with Crippen molar-refractivity contribution in [2.45, 2.75) is 18.8 Å². The zero-order valence-corrected chi connectivity index (χ0v) is 10.6. The molecule has 0 aliphatic rings. The maximum absolute atomic E-state index is 12.2. The zero-order valence-electron chi connectivity index (χ0n) is 9.00. The standard InChI is InChI=1S/C10H10BrF3N2O2/c11-5-1-2-8(18-10(12,13)14)6(3-5)7(15)4-9(16)17/h1-3,7H,4,15H2,(H2,16,17). The molecule has 18 heavy (non-hydrogen) atoms. The molecular weight excluding hydrogens is 317 g/mol. The average molecular weight is 327 g/mol. The molecule has 0 spiro atoms. The van der Waals surface area contributed by atoms with Gasteiger partial charge in [-0.3, -0.25) is 4.79 Å². The molecule has 8 heteroatoms.